The minimum absolute atomic E-state index is 0.241. The highest BCUT2D eigenvalue weighted by molar-refractivity contribution is 5.76. The van der Waals surface area contributed by atoms with E-state index >= 15 is 0 Å². The maximum absolute atomic E-state index is 13.5. The molecule has 0 aliphatic carbocycles. The molecule has 3 fully saturated rings. The lowest BCUT2D eigenvalue weighted by molar-refractivity contribution is -0.379. The number of unbranched alkanes of at least 4 members (excludes halogenated alkanes) is 44. The fourth-order valence-corrected chi connectivity index (χ4v) is 13.4. The van der Waals surface area contributed by atoms with Gasteiger partial charge >= 0.3 is 0 Å². The number of aliphatic hydroxyl groups excluding tert-OH is 11. The van der Waals surface area contributed by atoms with Crippen LogP contribution in [0.5, 0.6) is 0 Å². The van der Waals surface area contributed by atoms with Gasteiger partial charge in [0.25, 0.3) is 0 Å². The van der Waals surface area contributed by atoms with Gasteiger partial charge in [-0.15, -0.1) is 0 Å². The summed E-state index contributed by atoms with van der Waals surface area (Å²) in [5.41, 5.74) is 0. The summed E-state index contributed by atoms with van der Waals surface area (Å²) in [6.07, 6.45) is 41.7. The van der Waals surface area contributed by atoms with Crippen LogP contribution in [0.3, 0.4) is 0 Å². The first-order valence-electron chi connectivity index (χ1n) is 39.1. The summed E-state index contributed by atoms with van der Waals surface area (Å²) in [4.78, 5) is 13.5. The molecule has 17 unspecified atom stereocenters. The van der Waals surface area contributed by atoms with E-state index in [1.165, 1.54) is 250 Å². The molecule has 0 aromatic carbocycles. The molecule has 0 aromatic rings. The van der Waals surface area contributed by atoms with Crippen molar-refractivity contribution >= 4 is 5.91 Å². The number of nitrogens with one attached hydrogen (secondary N) is 1. The van der Waals surface area contributed by atoms with Crippen LogP contribution >= 0.6 is 0 Å². The van der Waals surface area contributed by atoms with Crippen LogP contribution in [0.2, 0.25) is 0 Å². The number of ether oxygens (including phenoxy) is 6. The van der Waals surface area contributed by atoms with Crippen molar-refractivity contribution in [3.05, 3.63) is 24.3 Å². The van der Waals surface area contributed by atoms with Gasteiger partial charge < -0.3 is 89.9 Å². The van der Waals surface area contributed by atoms with E-state index in [9.17, 15) is 61.0 Å². The van der Waals surface area contributed by atoms with Crippen LogP contribution in [0.4, 0.5) is 0 Å². The monoisotopic (exact) mass is 1360 g/mol. The zero-order chi connectivity index (χ0) is 68.9. The maximum atomic E-state index is 13.5. The molecule has 95 heavy (non-hydrogen) atoms. The third kappa shape index (κ3) is 38.8. The third-order valence-electron chi connectivity index (χ3n) is 19.8. The van der Waals surface area contributed by atoms with Crippen molar-refractivity contribution in [2.24, 2.45) is 0 Å². The first kappa shape index (κ1) is 87.5. The molecular formula is C76H143NO18. The summed E-state index contributed by atoms with van der Waals surface area (Å²) in [5.74, 6) is -0.278. The fraction of sp³-hybridized carbons (Fsp3) is 0.934. The van der Waals surface area contributed by atoms with Crippen molar-refractivity contribution in [2.45, 2.75) is 426 Å². The second-order valence-corrected chi connectivity index (χ2v) is 28.2. The Balaban J connectivity index is 1.40. The Hall–Kier alpha value is -1.73. The molecule has 0 radical (unpaired) electrons. The van der Waals surface area contributed by atoms with Gasteiger partial charge in [-0.3, -0.25) is 4.79 Å². The van der Waals surface area contributed by atoms with Gasteiger partial charge in [0, 0.05) is 6.42 Å². The molecule has 17 atom stereocenters. The van der Waals surface area contributed by atoms with Gasteiger partial charge in [-0.25, -0.2) is 0 Å². The summed E-state index contributed by atoms with van der Waals surface area (Å²) in [5, 5.41) is 121. The summed E-state index contributed by atoms with van der Waals surface area (Å²) < 4.78 is 34.4. The second-order valence-electron chi connectivity index (χ2n) is 28.2. The van der Waals surface area contributed by atoms with Gasteiger partial charge in [-0.2, -0.15) is 0 Å². The average Bonchev–Trinajstić information content (AvgIpc) is 0.786. The van der Waals surface area contributed by atoms with E-state index in [0.29, 0.717) is 12.8 Å². The van der Waals surface area contributed by atoms with E-state index in [-0.39, 0.29) is 18.9 Å². The first-order chi connectivity index (χ1) is 46.3. The van der Waals surface area contributed by atoms with Crippen LogP contribution in [0.15, 0.2) is 24.3 Å². The number of carbonyl (C=O) groups excluding carboxylic acids is 1. The Kier molecular flexibility index (Phi) is 53.3. The molecule has 12 N–H and O–H groups in total. The van der Waals surface area contributed by atoms with Crippen LogP contribution in [0.25, 0.3) is 0 Å². The van der Waals surface area contributed by atoms with Gasteiger partial charge in [0.05, 0.1) is 38.6 Å². The van der Waals surface area contributed by atoms with E-state index in [1.54, 1.807) is 6.08 Å². The Bertz CT molecular complexity index is 1810. The third-order valence-corrected chi connectivity index (χ3v) is 19.8. The second kappa shape index (κ2) is 57.8. The van der Waals surface area contributed by atoms with Gasteiger partial charge in [-0.1, -0.05) is 308 Å². The van der Waals surface area contributed by atoms with Crippen LogP contribution in [-0.2, 0) is 33.2 Å². The van der Waals surface area contributed by atoms with Gasteiger partial charge in [0.1, 0.15) is 73.2 Å². The van der Waals surface area contributed by atoms with Crippen molar-refractivity contribution in [1.29, 1.82) is 0 Å². The smallest absolute Gasteiger partial charge is 0.220 e. The highest BCUT2D eigenvalue weighted by Gasteiger charge is 2.53. The van der Waals surface area contributed by atoms with Gasteiger partial charge in [0.2, 0.25) is 5.91 Å². The van der Waals surface area contributed by atoms with Gasteiger partial charge in [-0.05, 0) is 32.1 Å². The summed E-state index contributed by atoms with van der Waals surface area (Å²) in [6, 6.07) is -0.988. The normalized spacial score (nSPS) is 27.3. The standard InChI is InChI=1S/C76H143NO18/c1-3-5-7-9-11-13-15-17-19-21-23-25-27-28-29-30-32-33-35-37-39-41-43-45-47-49-51-53-60(81)59(77-64(82)54-52-50-48-46-44-42-40-38-36-34-31-26-24-22-20-18-16-14-12-10-8-6-4-2)58-90-74-70(88)67(85)72(62(56-79)92-74)95-76-71(89)68(86)73(63(57-80)93-76)94-75-69(87)66(84)65(83)61(55-78)91-75/h43,45,51,53,59-63,65-76,78-81,83-89H,3-42,44,46-50,52,54-58H2,1-2H3,(H,77,82)/b45-43+,53-51+. The highest BCUT2D eigenvalue weighted by atomic mass is 16.8. The number of aliphatic hydroxyl groups is 11. The molecule has 3 saturated heterocycles. The van der Waals surface area contributed by atoms with E-state index in [0.717, 1.165) is 38.5 Å². The lowest BCUT2D eigenvalue weighted by atomic mass is 9.96. The molecule has 560 valence electrons. The Morgan fingerprint density at radius 3 is 1.05 bits per heavy atom. The predicted octanol–water partition coefficient (Wildman–Crippen LogP) is 12.2. The van der Waals surface area contributed by atoms with Crippen molar-refractivity contribution in [3.63, 3.8) is 0 Å². The first-order valence-corrected chi connectivity index (χ1v) is 39.1. The van der Waals surface area contributed by atoms with Crippen molar-refractivity contribution in [1.82, 2.24) is 5.32 Å². The lowest BCUT2D eigenvalue weighted by Crippen LogP contribution is -2.66. The van der Waals surface area contributed by atoms with Crippen LogP contribution in [0, 0.1) is 0 Å². The molecule has 1 amide bonds. The maximum Gasteiger partial charge on any atom is 0.220 e. The number of amides is 1. The number of hydrogen-bond donors (Lipinski definition) is 12. The highest BCUT2D eigenvalue weighted by Crippen LogP contribution is 2.33. The molecule has 0 aromatic heterocycles. The minimum Gasteiger partial charge on any atom is -0.394 e. The molecule has 3 rings (SSSR count). The van der Waals surface area contributed by atoms with Crippen LogP contribution in [-0.4, -0.2) is 193 Å². The van der Waals surface area contributed by atoms with E-state index < -0.39 is 124 Å². The SMILES string of the molecule is CCCCCCCCCCCCCCCCCCCCCCC/C=C/CC/C=C/C(O)C(COC1OC(CO)C(OC2OC(CO)C(OC3OC(CO)C(O)C(O)C3O)C(O)C2O)C(O)C1O)NC(=O)CCCCCCCCCCCCCCCCCCCCCCCCC. The number of allylic oxidation sites excluding steroid dienone is 3. The predicted molar refractivity (Wildman–Crippen MR) is 374 cm³/mol. The molecular weight excluding hydrogens is 1210 g/mol. The zero-order valence-corrected chi connectivity index (χ0v) is 59.7. The van der Waals surface area contributed by atoms with Crippen molar-refractivity contribution in [2.75, 3.05) is 26.4 Å². The van der Waals surface area contributed by atoms with Crippen molar-refractivity contribution < 1.29 is 89.4 Å². The Labute approximate surface area is 575 Å². The Morgan fingerprint density at radius 1 is 0.368 bits per heavy atom. The molecule has 19 heteroatoms. The lowest BCUT2D eigenvalue weighted by Gasteiger charge is -2.48. The molecule has 3 heterocycles. The summed E-state index contributed by atoms with van der Waals surface area (Å²) in [6.45, 7) is 1.77. The van der Waals surface area contributed by atoms with E-state index in [4.69, 9.17) is 28.4 Å². The van der Waals surface area contributed by atoms with Gasteiger partial charge in [0.15, 0.2) is 18.9 Å². The summed E-state index contributed by atoms with van der Waals surface area (Å²) in [7, 11) is 0. The number of rotatable bonds is 62. The van der Waals surface area contributed by atoms with E-state index in [1.807, 2.05) is 6.08 Å². The average molecular weight is 1360 g/mol. The van der Waals surface area contributed by atoms with Crippen LogP contribution < -0.4 is 5.32 Å². The number of hydrogen-bond acceptors (Lipinski definition) is 18. The number of carbonyl (C=O) groups is 1. The molecule has 19 nitrogen and oxygen atoms in total. The molecule has 3 aliphatic heterocycles. The minimum atomic E-state index is -1.98. The largest absolute Gasteiger partial charge is 0.394 e. The summed E-state index contributed by atoms with van der Waals surface area (Å²) >= 11 is 0. The van der Waals surface area contributed by atoms with Crippen LogP contribution in [0.1, 0.15) is 322 Å². The fourth-order valence-electron chi connectivity index (χ4n) is 13.4. The quantitative estimate of drug-likeness (QED) is 0.0199. The van der Waals surface area contributed by atoms with E-state index in [2.05, 4.69) is 31.3 Å². The topological polar surface area (TPSA) is 307 Å². The Morgan fingerprint density at radius 2 is 0.674 bits per heavy atom. The molecule has 0 spiro atoms. The molecule has 0 bridgehead atoms. The molecule has 3 aliphatic rings. The van der Waals surface area contributed by atoms with Crippen molar-refractivity contribution in [3.8, 4) is 0 Å². The zero-order valence-electron chi connectivity index (χ0n) is 59.7. The molecule has 0 saturated carbocycles.